The monoisotopic (exact) mass is 136 g/mol. The summed E-state index contributed by atoms with van der Waals surface area (Å²) in [5.74, 6) is 0. The second kappa shape index (κ2) is 2.98. The van der Waals surface area contributed by atoms with Crippen molar-refractivity contribution in [2.75, 3.05) is 5.48 Å². The molecule has 3 heteroatoms. The Hall–Kier alpha value is -1.35. The van der Waals surface area contributed by atoms with Gasteiger partial charge in [0.1, 0.15) is 0 Å². The maximum Gasteiger partial charge on any atom is 0.0608 e. The molecular formula is C7H8N2O. The normalized spacial score (nSPS) is 8.90. The van der Waals surface area contributed by atoms with E-state index in [-0.39, 0.29) is 0 Å². The lowest BCUT2D eigenvalue weighted by Crippen LogP contribution is -1.89. The van der Waals surface area contributed by atoms with Crippen LogP contribution in [0.3, 0.4) is 0 Å². The van der Waals surface area contributed by atoms with Crippen LogP contribution in [-0.4, -0.2) is 11.4 Å². The third kappa shape index (κ3) is 1.33. The fourth-order valence-electron chi connectivity index (χ4n) is 0.698. The van der Waals surface area contributed by atoms with Crippen LogP contribution >= 0.6 is 0 Å². The van der Waals surface area contributed by atoms with Gasteiger partial charge in [0.25, 0.3) is 0 Å². The minimum Gasteiger partial charge on any atom is -0.308 e. The largest absolute Gasteiger partial charge is 0.308 e. The molecule has 1 aromatic rings. The zero-order valence-electron chi connectivity index (χ0n) is 5.33. The maximum atomic E-state index is 8.43. The van der Waals surface area contributed by atoms with Gasteiger partial charge in [0, 0.05) is 6.21 Å². The van der Waals surface area contributed by atoms with E-state index in [4.69, 9.17) is 10.6 Å². The summed E-state index contributed by atoms with van der Waals surface area (Å²) in [4.78, 5) is 0. The number of anilines is 1. The zero-order chi connectivity index (χ0) is 7.40. The third-order valence-electron chi connectivity index (χ3n) is 1.18. The van der Waals surface area contributed by atoms with Crippen molar-refractivity contribution >= 4 is 11.9 Å². The Balaban J connectivity index is 2.98. The van der Waals surface area contributed by atoms with Crippen molar-refractivity contribution in [3.8, 4) is 0 Å². The highest BCUT2D eigenvalue weighted by molar-refractivity contribution is 5.78. The molecule has 0 aliphatic rings. The molecule has 0 unspecified atom stereocenters. The van der Waals surface area contributed by atoms with Crippen molar-refractivity contribution in [3.05, 3.63) is 29.8 Å². The van der Waals surface area contributed by atoms with Gasteiger partial charge in [-0.3, -0.25) is 10.7 Å². The lowest BCUT2D eigenvalue weighted by Gasteiger charge is -1.97. The molecule has 0 bridgehead atoms. The molecule has 0 heterocycles. The molecule has 52 valence electrons. The highest BCUT2D eigenvalue weighted by atomic mass is 16.5. The number of hydrogen-bond donors (Lipinski definition) is 3. The summed E-state index contributed by atoms with van der Waals surface area (Å²) in [7, 11) is 0. The van der Waals surface area contributed by atoms with Crippen LogP contribution in [0.1, 0.15) is 5.56 Å². The van der Waals surface area contributed by atoms with Crippen LogP contribution in [0.5, 0.6) is 0 Å². The Morgan fingerprint density at radius 1 is 1.50 bits per heavy atom. The van der Waals surface area contributed by atoms with Crippen molar-refractivity contribution < 1.29 is 5.21 Å². The first-order valence-electron chi connectivity index (χ1n) is 2.87. The molecule has 0 atom stereocenters. The lowest BCUT2D eigenvalue weighted by molar-refractivity contribution is 0.389. The quantitative estimate of drug-likeness (QED) is 0.426. The fraction of sp³-hybridized carbons (Fsp3) is 0. The molecule has 0 radical (unpaired) electrons. The molecule has 1 rings (SSSR count). The molecule has 0 aromatic heterocycles. The summed E-state index contributed by atoms with van der Waals surface area (Å²) in [6.07, 6.45) is 1.22. The predicted octanol–water partition coefficient (Wildman–Crippen LogP) is 1.49. The summed E-state index contributed by atoms with van der Waals surface area (Å²) < 4.78 is 0. The van der Waals surface area contributed by atoms with Crippen molar-refractivity contribution in [2.45, 2.75) is 0 Å². The van der Waals surface area contributed by atoms with E-state index < -0.39 is 0 Å². The molecule has 0 saturated heterocycles. The van der Waals surface area contributed by atoms with E-state index in [0.29, 0.717) is 5.69 Å². The van der Waals surface area contributed by atoms with Gasteiger partial charge in [-0.25, -0.2) is 0 Å². The Morgan fingerprint density at radius 2 is 2.30 bits per heavy atom. The van der Waals surface area contributed by atoms with Gasteiger partial charge in [0.15, 0.2) is 0 Å². The summed E-state index contributed by atoms with van der Waals surface area (Å²) in [5, 5.41) is 15.3. The molecule has 0 amide bonds. The van der Waals surface area contributed by atoms with Gasteiger partial charge in [0.05, 0.1) is 5.69 Å². The first-order valence-corrected chi connectivity index (χ1v) is 2.87. The molecule has 3 nitrogen and oxygen atoms in total. The van der Waals surface area contributed by atoms with Crippen LogP contribution in [0.2, 0.25) is 0 Å². The number of benzene rings is 1. The minimum absolute atomic E-state index is 0.598. The van der Waals surface area contributed by atoms with E-state index in [1.165, 1.54) is 6.21 Å². The molecule has 10 heavy (non-hydrogen) atoms. The zero-order valence-corrected chi connectivity index (χ0v) is 5.33. The number of hydrogen-bond acceptors (Lipinski definition) is 3. The molecular weight excluding hydrogens is 128 g/mol. The van der Waals surface area contributed by atoms with Gasteiger partial charge in [-0.2, -0.15) is 0 Å². The highest BCUT2D eigenvalue weighted by Gasteiger charge is 1.88. The molecule has 0 fully saturated rings. The van der Waals surface area contributed by atoms with Gasteiger partial charge >= 0.3 is 0 Å². The SMILES string of the molecule is N=Cc1cccc(NO)c1. The topological polar surface area (TPSA) is 56.1 Å². The van der Waals surface area contributed by atoms with Crippen LogP contribution in [0.25, 0.3) is 0 Å². The van der Waals surface area contributed by atoms with Gasteiger partial charge in [-0.05, 0) is 17.7 Å². The predicted molar refractivity (Wildman–Crippen MR) is 39.7 cm³/mol. The molecule has 1 aromatic carbocycles. The van der Waals surface area contributed by atoms with Gasteiger partial charge in [0.2, 0.25) is 0 Å². The number of nitrogens with one attached hydrogen (secondary N) is 2. The van der Waals surface area contributed by atoms with E-state index >= 15 is 0 Å². The smallest absolute Gasteiger partial charge is 0.0608 e. The lowest BCUT2D eigenvalue weighted by atomic mass is 10.2. The van der Waals surface area contributed by atoms with E-state index in [9.17, 15) is 0 Å². The first kappa shape index (κ1) is 6.77. The minimum atomic E-state index is 0.598. The number of rotatable bonds is 2. The maximum absolute atomic E-state index is 8.43. The summed E-state index contributed by atoms with van der Waals surface area (Å²) >= 11 is 0. The van der Waals surface area contributed by atoms with Crippen LogP contribution in [0.15, 0.2) is 24.3 Å². The van der Waals surface area contributed by atoms with Crippen molar-refractivity contribution in [2.24, 2.45) is 0 Å². The Labute approximate surface area is 58.8 Å². The van der Waals surface area contributed by atoms with Crippen molar-refractivity contribution in [3.63, 3.8) is 0 Å². The third-order valence-corrected chi connectivity index (χ3v) is 1.18. The second-order valence-corrected chi connectivity index (χ2v) is 1.88. The van der Waals surface area contributed by atoms with E-state index in [1.807, 2.05) is 5.48 Å². The Bertz CT molecular complexity index is 235. The summed E-state index contributed by atoms with van der Waals surface area (Å²) in [6, 6.07) is 6.94. The Kier molecular flexibility index (Phi) is 2.02. The second-order valence-electron chi connectivity index (χ2n) is 1.88. The van der Waals surface area contributed by atoms with Crippen LogP contribution in [0.4, 0.5) is 5.69 Å². The molecule has 3 N–H and O–H groups in total. The average molecular weight is 136 g/mol. The van der Waals surface area contributed by atoms with Gasteiger partial charge in [-0.15, -0.1) is 0 Å². The molecule has 0 spiro atoms. The van der Waals surface area contributed by atoms with Gasteiger partial charge < -0.3 is 5.41 Å². The summed E-state index contributed by atoms with van der Waals surface area (Å²) in [5.41, 5.74) is 3.36. The Morgan fingerprint density at radius 3 is 2.90 bits per heavy atom. The van der Waals surface area contributed by atoms with Gasteiger partial charge in [-0.1, -0.05) is 12.1 Å². The molecule has 0 aliphatic carbocycles. The van der Waals surface area contributed by atoms with E-state index in [1.54, 1.807) is 24.3 Å². The van der Waals surface area contributed by atoms with Crippen LogP contribution in [0, 0.1) is 5.41 Å². The molecule has 0 saturated carbocycles. The first-order chi connectivity index (χ1) is 4.86. The van der Waals surface area contributed by atoms with Crippen LogP contribution in [-0.2, 0) is 0 Å². The van der Waals surface area contributed by atoms with E-state index in [2.05, 4.69) is 0 Å². The summed E-state index contributed by atoms with van der Waals surface area (Å²) in [6.45, 7) is 0. The molecule has 0 aliphatic heterocycles. The van der Waals surface area contributed by atoms with Crippen molar-refractivity contribution in [1.29, 1.82) is 5.41 Å². The average Bonchev–Trinajstić information content (AvgIpc) is 2.05. The highest BCUT2D eigenvalue weighted by Crippen LogP contribution is 2.06. The van der Waals surface area contributed by atoms with Crippen molar-refractivity contribution in [1.82, 2.24) is 0 Å². The standard InChI is InChI=1S/C7H8N2O/c8-5-6-2-1-3-7(4-6)9-10/h1-5,8-10H. The van der Waals surface area contributed by atoms with Crippen LogP contribution < -0.4 is 5.48 Å². The fourth-order valence-corrected chi connectivity index (χ4v) is 0.698. The van der Waals surface area contributed by atoms with E-state index in [0.717, 1.165) is 5.56 Å².